The van der Waals surface area contributed by atoms with E-state index in [9.17, 15) is 4.79 Å². The molecule has 5 nitrogen and oxygen atoms in total. The first-order chi connectivity index (χ1) is 12.6. The monoisotopic (exact) mass is 353 g/mol. The normalized spacial score (nSPS) is 15.6. The summed E-state index contributed by atoms with van der Waals surface area (Å²) >= 11 is 0. The maximum atomic E-state index is 12.3. The van der Waals surface area contributed by atoms with Crippen molar-refractivity contribution in [3.05, 3.63) is 59.8 Å². The fraction of sp³-hybridized carbons (Fsp3) is 0.429. The minimum Gasteiger partial charge on any atom is -0.474 e. The molecule has 2 heterocycles. The van der Waals surface area contributed by atoms with Gasteiger partial charge in [0, 0.05) is 39.9 Å². The smallest absolute Gasteiger partial charge is 0.258 e. The second-order valence-corrected chi connectivity index (χ2v) is 6.95. The number of nitrogens with zero attached hydrogens (tertiary/aromatic N) is 3. The molecular weight excluding hydrogens is 326 g/mol. The Hall–Kier alpha value is -2.40. The summed E-state index contributed by atoms with van der Waals surface area (Å²) in [6.07, 6.45) is 4.79. The molecule has 1 aliphatic rings. The summed E-state index contributed by atoms with van der Waals surface area (Å²) in [5.41, 5.74) is 1.91. The molecule has 1 fully saturated rings. The van der Waals surface area contributed by atoms with Crippen LogP contribution < -0.4 is 4.74 Å². The number of carbonyl (C=O) groups is 1. The van der Waals surface area contributed by atoms with Crippen LogP contribution in [-0.4, -0.2) is 60.5 Å². The molecule has 0 bridgehead atoms. The van der Waals surface area contributed by atoms with E-state index in [2.05, 4.69) is 40.2 Å². The zero-order chi connectivity index (χ0) is 18.4. The maximum absolute atomic E-state index is 12.3. The Morgan fingerprint density at radius 3 is 2.58 bits per heavy atom. The molecule has 26 heavy (non-hydrogen) atoms. The molecule has 2 aromatic rings. The molecule has 0 atom stereocenters. The molecular formula is C21H27N3O2. The number of likely N-dealkylation sites (tertiary alicyclic amines) is 1. The lowest BCUT2D eigenvalue weighted by Crippen LogP contribution is -2.39. The number of amides is 1. The van der Waals surface area contributed by atoms with E-state index in [0.717, 1.165) is 38.9 Å². The van der Waals surface area contributed by atoms with Crippen LogP contribution in [0.4, 0.5) is 0 Å². The molecule has 1 amide bonds. The molecule has 0 aliphatic carbocycles. The van der Waals surface area contributed by atoms with E-state index in [1.165, 1.54) is 5.56 Å². The van der Waals surface area contributed by atoms with Gasteiger partial charge in [-0.2, -0.15) is 0 Å². The van der Waals surface area contributed by atoms with E-state index in [1.807, 2.05) is 0 Å². The summed E-state index contributed by atoms with van der Waals surface area (Å²) in [7, 11) is 3.48. The average Bonchev–Trinajstić information content (AvgIpc) is 2.68. The SMILES string of the molecule is CN(C)C(=O)c1cccnc1OC1CCN(CCc2ccccc2)CC1. The minimum absolute atomic E-state index is 0.0756. The lowest BCUT2D eigenvalue weighted by atomic mass is 10.1. The van der Waals surface area contributed by atoms with Crippen molar-refractivity contribution in [2.75, 3.05) is 33.7 Å². The van der Waals surface area contributed by atoms with Crippen LogP contribution in [0, 0.1) is 0 Å². The van der Waals surface area contributed by atoms with E-state index >= 15 is 0 Å². The van der Waals surface area contributed by atoms with E-state index < -0.39 is 0 Å². The van der Waals surface area contributed by atoms with Gasteiger partial charge in [0.15, 0.2) is 0 Å². The van der Waals surface area contributed by atoms with Gasteiger partial charge in [-0.1, -0.05) is 30.3 Å². The lowest BCUT2D eigenvalue weighted by Gasteiger charge is -2.32. The summed E-state index contributed by atoms with van der Waals surface area (Å²) in [6, 6.07) is 14.2. The van der Waals surface area contributed by atoms with Crippen molar-refractivity contribution >= 4 is 5.91 Å². The van der Waals surface area contributed by atoms with Crippen LogP contribution in [0.2, 0.25) is 0 Å². The number of hydrogen-bond acceptors (Lipinski definition) is 4. The first kappa shape index (κ1) is 18.4. The zero-order valence-corrected chi connectivity index (χ0v) is 15.6. The van der Waals surface area contributed by atoms with Crippen LogP contribution in [0.3, 0.4) is 0 Å². The maximum Gasteiger partial charge on any atom is 0.258 e. The summed E-state index contributed by atoms with van der Waals surface area (Å²) < 4.78 is 6.08. The second-order valence-electron chi connectivity index (χ2n) is 6.95. The fourth-order valence-electron chi connectivity index (χ4n) is 3.23. The lowest BCUT2D eigenvalue weighted by molar-refractivity contribution is 0.0792. The highest BCUT2D eigenvalue weighted by Gasteiger charge is 2.23. The Kier molecular flexibility index (Phi) is 6.23. The van der Waals surface area contributed by atoms with Crippen molar-refractivity contribution < 1.29 is 9.53 Å². The quantitative estimate of drug-likeness (QED) is 0.801. The number of piperidine rings is 1. The van der Waals surface area contributed by atoms with Crippen molar-refractivity contribution in [2.45, 2.75) is 25.4 Å². The Labute approximate surface area is 155 Å². The molecule has 0 spiro atoms. The standard InChI is InChI=1S/C21H27N3O2/c1-23(2)21(25)19-9-6-13-22-20(19)26-18-11-15-24(16-12-18)14-10-17-7-4-3-5-8-17/h3-9,13,18H,10-12,14-16H2,1-2H3. The summed E-state index contributed by atoms with van der Waals surface area (Å²) in [4.78, 5) is 20.6. The third kappa shape index (κ3) is 4.82. The van der Waals surface area contributed by atoms with E-state index in [-0.39, 0.29) is 12.0 Å². The molecule has 1 saturated heterocycles. The Balaban J connectivity index is 1.51. The van der Waals surface area contributed by atoms with Crippen molar-refractivity contribution in [1.29, 1.82) is 0 Å². The van der Waals surface area contributed by atoms with Crippen LogP contribution in [-0.2, 0) is 6.42 Å². The molecule has 0 N–H and O–H groups in total. The van der Waals surface area contributed by atoms with Gasteiger partial charge in [0.2, 0.25) is 5.88 Å². The van der Waals surface area contributed by atoms with Gasteiger partial charge in [0.25, 0.3) is 5.91 Å². The number of ether oxygens (including phenoxy) is 1. The number of aromatic nitrogens is 1. The van der Waals surface area contributed by atoms with Crippen LogP contribution in [0.5, 0.6) is 5.88 Å². The number of rotatable bonds is 6. The molecule has 1 aromatic carbocycles. The van der Waals surface area contributed by atoms with Gasteiger partial charge in [-0.05, 0) is 37.0 Å². The molecule has 5 heteroatoms. The fourth-order valence-corrected chi connectivity index (χ4v) is 3.23. The molecule has 0 saturated carbocycles. The number of hydrogen-bond donors (Lipinski definition) is 0. The first-order valence-electron chi connectivity index (χ1n) is 9.23. The molecule has 3 rings (SSSR count). The van der Waals surface area contributed by atoms with Crippen LogP contribution >= 0.6 is 0 Å². The average molecular weight is 353 g/mol. The minimum atomic E-state index is -0.0756. The zero-order valence-electron chi connectivity index (χ0n) is 15.6. The molecule has 0 radical (unpaired) electrons. The third-order valence-corrected chi connectivity index (χ3v) is 4.78. The number of benzene rings is 1. The van der Waals surface area contributed by atoms with Gasteiger partial charge >= 0.3 is 0 Å². The molecule has 138 valence electrons. The van der Waals surface area contributed by atoms with Crippen molar-refractivity contribution in [2.24, 2.45) is 0 Å². The Morgan fingerprint density at radius 2 is 1.88 bits per heavy atom. The van der Waals surface area contributed by atoms with E-state index in [0.29, 0.717) is 11.4 Å². The van der Waals surface area contributed by atoms with Crippen LogP contribution in [0.15, 0.2) is 48.7 Å². The number of pyridine rings is 1. The van der Waals surface area contributed by atoms with Gasteiger partial charge in [-0.15, -0.1) is 0 Å². The largest absolute Gasteiger partial charge is 0.474 e. The predicted octanol–water partition coefficient (Wildman–Crippen LogP) is 2.87. The predicted molar refractivity (Wildman–Crippen MR) is 102 cm³/mol. The summed E-state index contributed by atoms with van der Waals surface area (Å²) in [6.45, 7) is 3.10. The van der Waals surface area contributed by atoms with Gasteiger partial charge in [-0.25, -0.2) is 4.98 Å². The molecule has 1 aromatic heterocycles. The second kappa shape index (κ2) is 8.81. The number of carbonyl (C=O) groups excluding carboxylic acids is 1. The van der Waals surface area contributed by atoms with Gasteiger partial charge < -0.3 is 14.5 Å². The topological polar surface area (TPSA) is 45.7 Å². The van der Waals surface area contributed by atoms with E-state index in [4.69, 9.17) is 4.74 Å². The summed E-state index contributed by atoms with van der Waals surface area (Å²) in [5, 5.41) is 0. The third-order valence-electron chi connectivity index (χ3n) is 4.78. The van der Waals surface area contributed by atoms with Crippen LogP contribution in [0.25, 0.3) is 0 Å². The highest BCUT2D eigenvalue weighted by atomic mass is 16.5. The van der Waals surface area contributed by atoms with Crippen molar-refractivity contribution in [1.82, 2.24) is 14.8 Å². The van der Waals surface area contributed by atoms with Gasteiger partial charge in [0.05, 0.1) is 0 Å². The molecule has 0 unspecified atom stereocenters. The van der Waals surface area contributed by atoms with E-state index in [1.54, 1.807) is 37.3 Å². The molecule has 1 aliphatic heterocycles. The highest BCUT2D eigenvalue weighted by Crippen LogP contribution is 2.22. The first-order valence-corrected chi connectivity index (χ1v) is 9.23. The summed E-state index contributed by atoms with van der Waals surface area (Å²) in [5.74, 6) is 0.377. The van der Waals surface area contributed by atoms with Gasteiger partial charge in [-0.3, -0.25) is 4.79 Å². The van der Waals surface area contributed by atoms with Crippen molar-refractivity contribution in [3.63, 3.8) is 0 Å². The van der Waals surface area contributed by atoms with Crippen LogP contribution in [0.1, 0.15) is 28.8 Å². The Bertz CT molecular complexity index is 710. The van der Waals surface area contributed by atoms with Gasteiger partial charge in [0.1, 0.15) is 11.7 Å². The Morgan fingerprint density at radius 1 is 1.15 bits per heavy atom. The van der Waals surface area contributed by atoms with Crippen molar-refractivity contribution in [3.8, 4) is 5.88 Å². The highest BCUT2D eigenvalue weighted by molar-refractivity contribution is 5.96.